The molecule has 132 valence electrons. The highest BCUT2D eigenvalue weighted by Crippen LogP contribution is 2.32. The smallest absolute Gasteiger partial charge is 0.224 e. The number of aryl methyl sites for hydroxylation is 1. The van der Waals surface area contributed by atoms with Crippen molar-refractivity contribution in [3.8, 4) is 22.8 Å². The quantitative estimate of drug-likeness (QED) is 0.760. The molecule has 0 saturated carbocycles. The number of ether oxygens (including phenoxy) is 2. The van der Waals surface area contributed by atoms with Crippen LogP contribution < -0.4 is 14.8 Å². The Hall–Kier alpha value is -3.28. The van der Waals surface area contributed by atoms with Crippen LogP contribution in [0, 0.1) is 0 Å². The fraction of sp³-hybridized carbons (Fsp3) is 0.200. The summed E-state index contributed by atoms with van der Waals surface area (Å²) in [7, 11) is 0. The molecule has 0 aliphatic carbocycles. The molecule has 0 unspecified atom stereocenters. The number of oxazole rings is 1. The Kier molecular flexibility index (Phi) is 4.55. The minimum absolute atomic E-state index is 0.110. The normalized spacial score (nSPS) is 12.6. The van der Waals surface area contributed by atoms with Crippen molar-refractivity contribution in [3.63, 3.8) is 0 Å². The first-order chi connectivity index (χ1) is 12.8. The van der Waals surface area contributed by atoms with Crippen molar-refractivity contribution < 1.29 is 18.7 Å². The Morgan fingerprint density at radius 3 is 2.69 bits per heavy atom. The van der Waals surface area contributed by atoms with Crippen LogP contribution in [0.4, 0.5) is 5.69 Å². The monoisotopic (exact) mass is 350 g/mol. The van der Waals surface area contributed by atoms with Gasteiger partial charge in [-0.2, -0.15) is 0 Å². The van der Waals surface area contributed by atoms with E-state index in [1.165, 1.54) is 0 Å². The molecule has 6 heteroatoms. The van der Waals surface area contributed by atoms with Crippen LogP contribution >= 0.6 is 0 Å². The standard InChI is InChI=1S/C20H18N2O4/c23-19(22-15-6-7-16-17(12-15)25-11-10-24-16)8-9-20-21-13-18(26-20)14-4-2-1-3-5-14/h1-7,12-13H,8-11H2,(H,22,23). The first-order valence-electron chi connectivity index (χ1n) is 8.47. The van der Waals surface area contributed by atoms with Gasteiger partial charge in [-0.05, 0) is 12.1 Å². The number of nitrogens with one attached hydrogen (secondary N) is 1. The van der Waals surface area contributed by atoms with Gasteiger partial charge in [-0.1, -0.05) is 30.3 Å². The Labute approximate surface area is 150 Å². The van der Waals surface area contributed by atoms with Gasteiger partial charge in [0.1, 0.15) is 13.2 Å². The Bertz CT molecular complexity index is 905. The number of benzene rings is 2. The molecular weight excluding hydrogens is 332 g/mol. The molecule has 0 spiro atoms. The largest absolute Gasteiger partial charge is 0.486 e. The third-order valence-corrected chi connectivity index (χ3v) is 4.00. The fourth-order valence-corrected chi connectivity index (χ4v) is 2.73. The van der Waals surface area contributed by atoms with Crippen LogP contribution in [-0.4, -0.2) is 24.1 Å². The van der Waals surface area contributed by atoms with Crippen LogP contribution in [-0.2, 0) is 11.2 Å². The second-order valence-electron chi connectivity index (χ2n) is 5.89. The van der Waals surface area contributed by atoms with E-state index in [1.54, 1.807) is 24.4 Å². The summed E-state index contributed by atoms with van der Waals surface area (Å²) in [5.41, 5.74) is 1.64. The third kappa shape index (κ3) is 3.69. The van der Waals surface area contributed by atoms with Gasteiger partial charge in [0.25, 0.3) is 0 Å². The maximum Gasteiger partial charge on any atom is 0.224 e. The van der Waals surface area contributed by atoms with Crippen molar-refractivity contribution in [2.24, 2.45) is 0 Å². The van der Waals surface area contributed by atoms with E-state index in [1.807, 2.05) is 30.3 Å². The summed E-state index contributed by atoms with van der Waals surface area (Å²) in [6.45, 7) is 1.05. The molecule has 0 saturated heterocycles. The van der Waals surface area contributed by atoms with E-state index in [0.717, 1.165) is 5.56 Å². The number of amides is 1. The van der Waals surface area contributed by atoms with Gasteiger partial charge in [0.05, 0.1) is 6.20 Å². The fourth-order valence-electron chi connectivity index (χ4n) is 2.73. The number of anilines is 1. The van der Waals surface area contributed by atoms with E-state index < -0.39 is 0 Å². The van der Waals surface area contributed by atoms with Crippen molar-refractivity contribution in [1.29, 1.82) is 0 Å². The predicted molar refractivity (Wildman–Crippen MR) is 96.3 cm³/mol. The number of aromatic nitrogens is 1. The molecule has 3 aromatic rings. The molecule has 1 N–H and O–H groups in total. The van der Waals surface area contributed by atoms with Gasteiger partial charge in [-0.3, -0.25) is 4.79 Å². The summed E-state index contributed by atoms with van der Waals surface area (Å²) in [4.78, 5) is 16.4. The molecule has 6 nitrogen and oxygen atoms in total. The van der Waals surface area contributed by atoms with Crippen LogP contribution in [0.3, 0.4) is 0 Å². The van der Waals surface area contributed by atoms with Crippen LogP contribution in [0.5, 0.6) is 11.5 Å². The van der Waals surface area contributed by atoms with Crippen molar-refractivity contribution >= 4 is 11.6 Å². The molecule has 2 heterocycles. The van der Waals surface area contributed by atoms with Gasteiger partial charge in [0.15, 0.2) is 23.1 Å². The molecule has 0 bridgehead atoms. The molecular formula is C20H18N2O4. The van der Waals surface area contributed by atoms with Crippen LogP contribution in [0.1, 0.15) is 12.3 Å². The van der Waals surface area contributed by atoms with Crippen LogP contribution in [0.15, 0.2) is 59.1 Å². The minimum atomic E-state index is -0.110. The van der Waals surface area contributed by atoms with E-state index >= 15 is 0 Å². The highest BCUT2D eigenvalue weighted by atomic mass is 16.6. The van der Waals surface area contributed by atoms with Crippen molar-refractivity contribution in [3.05, 3.63) is 60.6 Å². The number of carbonyl (C=O) groups is 1. The lowest BCUT2D eigenvalue weighted by atomic mass is 10.2. The highest BCUT2D eigenvalue weighted by Gasteiger charge is 2.13. The number of nitrogens with zero attached hydrogens (tertiary/aromatic N) is 1. The number of carbonyl (C=O) groups excluding carboxylic acids is 1. The highest BCUT2D eigenvalue weighted by molar-refractivity contribution is 5.91. The third-order valence-electron chi connectivity index (χ3n) is 4.00. The Balaban J connectivity index is 1.34. The zero-order chi connectivity index (χ0) is 17.8. The average molecular weight is 350 g/mol. The summed E-state index contributed by atoms with van der Waals surface area (Å²) >= 11 is 0. The summed E-state index contributed by atoms with van der Waals surface area (Å²) < 4.78 is 16.7. The Morgan fingerprint density at radius 2 is 1.85 bits per heavy atom. The maximum absolute atomic E-state index is 12.2. The molecule has 2 aromatic carbocycles. The molecule has 1 amide bonds. The van der Waals surface area contributed by atoms with Crippen LogP contribution in [0.2, 0.25) is 0 Å². The Morgan fingerprint density at radius 1 is 1.04 bits per heavy atom. The minimum Gasteiger partial charge on any atom is -0.486 e. The summed E-state index contributed by atoms with van der Waals surface area (Å²) in [6.07, 6.45) is 2.40. The first kappa shape index (κ1) is 16.2. The zero-order valence-corrected chi connectivity index (χ0v) is 14.1. The van der Waals surface area contributed by atoms with Gasteiger partial charge in [0, 0.05) is 30.2 Å². The summed E-state index contributed by atoms with van der Waals surface area (Å²) in [5, 5.41) is 2.86. The molecule has 0 fully saturated rings. The second-order valence-corrected chi connectivity index (χ2v) is 5.89. The molecule has 26 heavy (non-hydrogen) atoms. The molecule has 1 aromatic heterocycles. The van der Waals surface area contributed by atoms with Crippen molar-refractivity contribution in [2.75, 3.05) is 18.5 Å². The van der Waals surface area contributed by atoms with Gasteiger partial charge in [0.2, 0.25) is 5.91 Å². The van der Waals surface area contributed by atoms with E-state index in [4.69, 9.17) is 13.9 Å². The SMILES string of the molecule is O=C(CCc1ncc(-c2ccccc2)o1)Nc1ccc2c(c1)OCCO2. The molecule has 0 radical (unpaired) electrons. The van der Waals surface area contributed by atoms with E-state index in [-0.39, 0.29) is 12.3 Å². The van der Waals surface area contributed by atoms with Gasteiger partial charge in [-0.15, -0.1) is 0 Å². The zero-order valence-electron chi connectivity index (χ0n) is 14.1. The van der Waals surface area contributed by atoms with Gasteiger partial charge in [-0.25, -0.2) is 4.98 Å². The summed E-state index contributed by atoms with van der Waals surface area (Å²) in [5.74, 6) is 2.48. The topological polar surface area (TPSA) is 73.6 Å². The number of hydrogen-bond donors (Lipinski definition) is 1. The average Bonchev–Trinajstić information content (AvgIpc) is 3.16. The van der Waals surface area contributed by atoms with E-state index in [9.17, 15) is 4.79 Å². The lowest BCUT2D eigenvalue weighted by molar-refractivity contribution is -0.116. The lowest BCUT2D eigenvalue weighted by Gasteiger charge is -2.18. The molecule has 1 aliphatic rings. The van der Waals surface area contributed by atoms with Crippen molar-refractivity contribution in [1.82, 2.24) is 4.98 Å². The number of rotatable bonds is 5. The number of hydrogen-bond acceptors (Lipinski definition) is 5. The molecule has 0 atom stereocenters. The van der Waals surface area contributed by atoms with Crippen LogP contribution in [0.25, 0.3) is 11.3 Å². The van der Waals surface area contributed by atoms with Gasteiger partial charge < -0.3 is 19.2 Å². The number of fused-ring (bicyclic) bond motifs is 1. The molecule has 4 rings (SSSR count). The molecule has 1 aliphatic heterocycles. The maximum atomic E-state index is 12.2. The van der Waals surface area contributed by atoms with E-state index in [2.05, 4.69) is 10.3 Å². The predicted octanol–water partition coefficient (Wildman–Crippen LogP) is 3.68. The second kappa shape index (κ2) is 7.31. The van der Waals surface area contributed by atoms with Crippen molar-refractivity contribution in [2.45, 2.75) is 12.8 Å². The van der Waals surface area contributed by atoms with E-state index in [0.29, 0.717) is 48.5 Å². The summed E-state index contributed by atoms with van der Waals surface area (Å²) in [6, 6.07) is 15.1. The van der Waals surface area contributed by atoms with Gasteiger partial charge >= 0.3 is 0 Å². The lowest BCUT2D eigenvalue weighted by Crippen LogP contribution is -2.16. The first-order valence-corrected chi connectivity index (χ1v) is 8.47.